The number of hydrogen-bond acceptors (Lipinski definition) is 4. The minimum absolute atomic E-state index is 0.0495. The van der Waals surface area contributed by atoms with Crippen molar-refractivity contribution in [3.8, 4) is 5.75 Å². The summed E-state index contributed by atoms with van der Waals surface area (Å²) in [6.07, 6.45) is 0.322. The number of benzene rings is 1. The van der Waals surface area contributed by atoms with E-state index in [-0.39, 0.29) is 12.0 Å². The first kappa shape index (κ1) is 18.0. The Morgan fingerprint density at radius 1 is 1.29 bits per heavy atom. The van der Waals surface area contributed by atoms with Gasteiger partial charge in [0.05, 0.1) is 20.1 Å². The molecular weight excluding hydrogens is 334 g/mol. The van der Waals surface area contributed by atoms with Gasteiger partial charge in [0.2, 0.25) is 0 Å². The highest BCUT2D eigenvalue weighted by Crippen LogP contribution is 2.34. The van der Waals surface area contributed by atoms with Crippen LogP contribution in [0.1, 0.15) is 38.8 Å². The smallest absolute Gasteiger partial charge is 0.307 e. The van der Waals surface area contributed by atoms with Gasteiger partial charge in [-0.05, 0) is 38.2 Å². The van der Waals surface area contributed by atoms with Gasteiger partial charge < -0.3 is 9.47 Å². The summed E-state index contributed by atoms with van der Waals surface area (Å²) >= 11 is 3.49. The van der Waals surface area contributed by atoms with Crippen LogP contribution in [0.15, 0.2) is 22.7 Å². The third-order valence-corrected chi connectivity index (χ3v) is 3.96. The van der Waals surface area contributed by atoms with Crippen LogP contribution in [0.5, 0.6) is 5.75 Å². The SMILES string of the molecule is CCOC(=O)CC(c1cc(Br)ccc1OC)N(CC)CC. The fourth-order valence-electron chi connectivity index (χ4n) is 2.44. The maximum absolute atomic E-state index is 11.9. The summed E-state index contributed by atoms with van der Waals surface area (Å²) in [4.78, 5) is 14.2. The van der Waals surface area contributed by atoms with Crippen molar-refractivity contribution in [2.45, 2.75) is 33.2 Å². The molecule has 0 bridgehead atoms. The second kappa shape index (κ2) is 9.05. The van der Waals surface area contributed by atoms with Crippen molar-refractivity contribution in [2.75, 3.05) is 26.8 Å². The Hall–Kier alpha value is -1.07. The standard InChI is InChI=1S/C16H24BrNO3/c1-5-18(6-2)14(11-16(19)21-7-3)13-10-12(17)8-9-15(13)20-4/h8-10,14H,5-7,11H2,1-4H3. The van der Waals surface area contributed by atoms with E-state index in [9.17, 15) is 4.79 Å². The molecule has 0 radical (unpaired) electrons. The Bertz CT molecular complexity index is 461. The molecule has 0 aromatic heterocycles. The number of rotatable bonds is 8. The van der Waals surface area contributed by atoms with Gasteiger partial charge in [-0.3, -0.25) is 9.69 Å². The van der Waals surface area contributed by atoms with E-state index >= 15 is 0 Å². The number of carbonyl (C=O) groups is 1. The molecule has 0 amide bonds. The van der Waals surface area contributed by atoms with E-state index in [0.717, 1.165) is 28.9 Å². The molecule has 1 atom stereocenters. The number of ether oxygens (including phenoxy) is 2. The lowest BCUT2D eigenvalue weighted by Gasteiger charge is -2.30. The van der Waals surface area contributed by atoms with E-state index in [2.05, 4.69) is 34.7 Å². The lowest BCUT2D eigenvalue weighted by Crippen LogP contribution is -2.31. The van der Waals surface area contributed by atoms with Crippen LogP contribution in [0.3, 0.4) is 0 Å². The van der Waals surface area contributed by atoms with Gasteiger partial charge in [0.25, 0.3) is 0 Å². The van der Waals surface area contributed by atoms with E-state index < -0.39 is 0 Å². The minimum atomic E-state index is -0.184. The van der Waals surface area contributed by atoms with Crippen LogP contribution in [0.25, 0.3) is 0 Å². The van der Waals surface area contributed by atoms with Gasteiger partial charge in [-0.25, -0.2) is 0 Å². The van der Waals surface area contributed by atoms with Crippen molar-refractivity contribution in [1.29, 1.82) is 0 Å². The summed E-state index contributed by atoms with van der Waals surface area (Å²) in [5.41, 5.74) is 1.00. The molecule has 0 aliphatic heterocycles. The van der Waals surface area contributed by atoms with E-state index in [1.54, 1.807) is 7.11 Å². The highest BCUT2D eigenvalue weighted by molar-refractivity contribution is 9.10. The van der Waals surface area contributed by atoms with Crippen molar-refractivity contribution in [3.05, 3.63) is 28.2 Å². The predicted octanol–water partition coefficient (Wildman–Crippen LogP) is 3.79. The molecule has 4 nitrogen and oxygen atoms in total. The topological polar surface area (TPSA) is 38.8 Å². The number of halogens is 1. The van der Waals surface area contributed by atoms with Gasteiger partial charge in [-0.15, -0.1) is 0 Å². The second-order valence-corrected chi connectivity index (χ2v) is 5.55. The van der Waals surface area contributed by atoms with Crippen LogP contribution >= 0.6 is 15.9 Å². The molecule has 1 rings (SSSR count). The molecule has 21 heavy (non-hydrogen) atoms. The summed E-state index contributed by atoms with van der Waals surface area (Å²) in [5.74, 6) is 0.607. The Morgan fingerprint density at radius 3 is 2.48 bits per heavy atom. The van der Waals surface area contributed by atoms with Crippen molar-refractivity contribution >= 4 is 21.9 Å². The van der Waals surface area contributed by atoms with Crippen LogP contribution in [-0.4, -0.2) is 37.7 Å². The van der Waals surface area contributed by atoms with Gasteiger partial charge >= 0.3 is 5.97 Å². The van der Waals surface area contributed by atoms with Gasteiger partial charge in [0.1, 0.15) is 5.75 Å². The lowest BCUT2D eigenvalue weighted by atomic mass is 10.0. The number of hydrogen-bond donors (Lipinski definition) is 0. The molecule has 0 spiro atoms. The summed E-state index contributed by atoms with van der Waals surface area (Å²) in [7, 11) is 1.65. The molecule has 1 unspecified atom stereocenters. The second-order valence-electron chi connectivity index (χ2n) is 4.63. The van der Waals surface area contributed by atoms with E-state index in [4.69, 9.17) is 9.47 Å². The molecule has 0 heterocycles. The molecule has 0 saturated heterocycles. The predicted molar refractivity (Wildman–Crippen MR) is 87.6 cm³/mol. The Morgan fingerprint density at radius 2 is 1.95 bits per heavy atom. The Kier molecular flexibility index (Phi) is 7.75. The van der Waals surface area contributed by atoms with Crippen molar-refractivity contribution < 1.29 is 14.3 Å². The Labute approximate surface area is 135 Å². The number of esters is 1. The summed E-state index contributed by atoms with van der Waals surface area (Å²) in [6.45, 7) is 8.12. The van der Waals surface area contributed by atoms with Gasteiger partial charge in [-0.1, -0.05) is 29.8 Å². The fraction of sp³-hybridized carbons (Fsp3) is 0.562. The maximum Gasteiger partial charge on any atom is 0.307 e. The first-order chi connectivity index (χ1) is 10.1. The number of nitrogens with zero attached hydrogens (tertiary/aromatic N) is 1. The normalized spacial score (nSPS) is 12.3. The van der Waals surface area contributed by atoms with Crippen LogP contribution in [0, 0.1) is 0 Å². The third kappa shape index (κ3) is 5.00. The summed E-state index contributed by atoms with van der Waals surface area (Å²) < 4.78 is 11.6. The van der Waals surface area contributed by atoms with Gasteiger partial charge in [0.15, 0.2) is 0 Å². The van der Waals surface area contributed by atoms with Crippen molar-refractivity contribution in [2.24, 2.45) is 0 Å². The van der Waals surface area contributed by atoms with Crippen LogP contribution < -0.4 is 4.74 Å². The maximum atomic E-state index is 11.9. The van der Waals surface area contributed by atoms with Crippen molar-refractivity contribution in [1.82, 2.24) is 4.90 Å². The molecule has 0 aliphatic rings. The van der Waals surface area contributed by atoms with Crippen LogP contribution in [0.4, 0.5) is 0 Å². The summed E-state index contributed by atoms with van der Waals surface area (Å²) in [6, 6.07) is 5.82. The Balaban J connectivity index is 3.16. The van der Waals surface area contributed by atoms with Crippen LogP contribution in [0.2, 0.25) is 0 Å². The van der Waals surface area contributed by atoms with E-state index in [1.165, 1.54) is 0 Å². The van der Waals surface area contributed by atoms with Crippen LogP contribution in [-0.2, 0) is 9.53 Å². The largest absolute Gasteiger partial charge is 0.496 e. The number of methoxy groups -OCH3 is 1. The zero-order valence-electron chi connectivity index (χ0n) is 13.2. The first-order valence-electron chi connectivity index (χ1n) is 7.30. The number of carbonyl (C=O) groups excluding carboxylic acids is 1. The molecule has 0 aliphatic carbocycles. The molecule has 118 valence electrons. The zero-order valence-corrected chi connectivity index (χ0v) is 14.8. The van der Waals surface area contributed by atoms with E-state index in [1.807, 2.05) is 25.1 Å². The molecule has 1 aromatic carbocycles. The highest BCUT2D eigenvalue weighted by atomic mass is 79.9. The molecular formula is C16H24BrNO3. The van der Waals surface area contributed by atoms with Crippen molar-refractivity contribution in [3.63, 3.8) is 0 Å². The third-order valence-electron chi connectivity index (χ3n) is 3.47. The lowest BCUT2D eigenvalue weighted by molar-refractivity contribution is -0.144. The van der Waals surface area contributed by atoms with Gasteiger partial charge in [0, 0.05) is 16.1 Å². The summed E-state index contributed by atoms with van der Waals surface area (Å²) in [5, 5.41) is 0. The fourth-order valence-corrected chi connectivity index (χ4v) is 2.82. The molecule has 5 heteroatoms. The first-order valence-corrected chi connectivity index (χ1v) is 8.09. The van der Waals surface area contributed by atoms with E-state index in [0.29, 0.717) is 13.0 Å². The average molecular weight is 358 g/mol. The monoisotopic (exact) mass is 357 g/mol. The molecule has 0 fully saturated rings. The minimum Gasteiger partial charge on any atom is -0.496 e. The van der Waals surface area contributed by atoms with Gasteiger partial charge in [-0.2, -0.15) is 0 Å². The molecule has 0 N–H and O–H groups in total. The quantitative estimate of drug-likeness (QED) is 0.663. The average Bonchev–Trinajstić information content (AvgIpc) is 2.47. The molecule has 0 saturated carbocycles. The zero-order chi connectivity index (χ0) is 15.8. The molecule has 1 aromatic rings. The highest BCUT2D eigenvalue weighted by Gasteiger charge is 2.25.